The van der Waals surface area contributed by atoms with Gasteiger partial charge in [-0.25, -0.2) is 4.79 Å². The lowest BCUT2D eigenvalue weighted by Gasteiger charge is -2.23. The first-order chi connectivity index (χ1) is 15.8. The number of hydrogen-bond acceptors (Lipinski definition) is 4. The number of ether oxygens (including phenoxy) is 1. The monoisotopic (exact) mass is 450 g/mol. The zero-order valence-electron chi connectivity index (χ0n) is 19.0. The maximum Gasteiger partial charge on any atom is 0.407 e. The van der Waals surface area contributed by atoms with Crippen molar-refractivity contribution < 1.29 is 24.2 Å². The van der Waals surface area contributed by atoms with Crippen LogP contribution < -0.4 is 10.6 Å². The molecule has 0 aliphatic heterocycles. The number of carboxylic acid groups (broad SMARTS) is 1. The number of benzene rings is 2. The molecular formula is C26H30N2O5. The van der Waals surface area contributed by atoms with Crippen molar-refractivity contribution in [2.24, 2.45) is 17.3 Å². The number of aliphatic carboxylic acids is 1. The third-order valence-electron chi connectivity index (χ3n) is 7.06. The molecule has 3 unspecified atom stereocenters. The predicted octanol–water partition coefficient (Wildman–Crippen LogP) is 3.78. The summed E-state index contributed by atoms with van der Waals surface area (Å²) in [6.07, 6.45) is 0.609. The molecule has 7 nitrogen and oxygen atoms in total. The van der Waals surface area contributed by atoms with Gasteiger partial charge in [-0.05, 0) is 47.9 Å². The van der Waals surface area contributed by atoms with E-state index in [1.165, 1.54) is 11.1 Å². The van der Waals surface area contributed by atoms with Crippen molar-refractivity contribution in [2.45, 2.75) is 32.6 Å². The molecule has 1 saturated carbocycles. The van der Waals surface area contributed by atoms with E-state index in [4.69, 9.17) is 4.74 Å². The number of rotatable bonds is 9. The van der Waals surface area contributed by atoms with Gasteiger partial charge in [0, 0.05) is 24.9 Å². The fourth-order valence-electron chi connectivity index (χ4n) is 4.42. The summed E-state index contributed by atoms with van der Waals surface area (Å²) in [6, 6.07) is 16.3. The first-order valence-corrected chi connectivity index (χ1v) is 11.4. The second-order valence-corrected chi connectivity index (χ2v) is 9.25. The molecule has 0 bridgehead atoms. The molecule has 33 heavy (non-hydrogen) atoms. The summed E-state index contributed by atoms with van der Waals surface area (Å²) in [6.45, 7) is 4.12. The summed E-state index contributed by atoms with van der Waals surface area (Å²) >= 11 is 0. The normalized spacial score (nSPS) is 20.2. The van der Waals surface area contributed by atoms with Crippen LogP contribution in [0.4, 0.5) is 4.79 Å². The van der Waals surface area contributed by atoms with Crippen molar-refractivity contribution >= 4 is 18.0 Å². The lowest BCUT2D eigenvalue weighted by Crippen LogP contribution is -2.41. The van der Waals surface area contributed by atoms with Gasteiger partial charge in [0.25, 0.3) is 0 Å². The van der Waals surface area contributed by atoms with Gasteiger partial charge in [-0.2, -0.15) is 0 Å². The Morgan fingerprint density at radius 1 is 1.03 bits per heavy atom. The van der Waals surface area contributed by atoms with E-state index < -0.39 is 17.5 Å². The molecule has 2 aliphatic carbocycles. The van der Waals surface area contributed by atoms with E-state index in [1.807, 2.05) is 24.3 Å². The lowest BCUT2D eigenvalue weighted by molar-refractivity contribution is -0.148. The van der Waals surface area contributed by atoms with Gasteiger partial charge in [-0.1, -0.05) is 55.5 Å². The fraction of sp³-hybridized carbons (Fsp3) is 0.423. The molecule has 0 spiro atoms. The maximum atomic E-state index is 12.3. The zero-order chi connectivity index (χ0) is 23.6. The van der Waals surface area contributed by atoms with Crippen molar-refractivity contribution in [3.8, 4) is 11.1 Å². The van der Waals surface area contributed by atoms with Crippen molar-refractivity contribution in [3.05, 3.63) is 59.7 Å². The highest BCUT2D eigenvalue weighted by atomic mass is 16.5. The van der Waals surface area contributed by atoms with E-state index in [-0.39, 0.29) is 36.8 Å². The molecule has 0 aromatic heterocycles. The minimum Gasteiger partial charge on any atom is -0.481 e. The molecule has 174 valence electrons. The number of fused-ring (bicyclic) bond motifs is 3. The number of carboxylic acids is 1. The Bertz CT molecular complexity index is 1020. The molecule has 2 aliphatic rings. The van der Waals surface area contributed by atoms with Gasteiger partial charge in [-0.15, -0.1) is 0 Å². The minimum absolute atomic E-state index is 0.00436. The fourth-order valence-corrected chi connectivity index (χ4v) is 4.42. The molecule has 0 saturated heterocycles. The molecule has 2 amide bonds. The van der Waals surface area contributed by atoms with Gasteiger partial charge in [0.05, 0.1) is 5.41 Å². The zero-order valence-corrected chi connectivity index (χ0v) is 19.0. The second kappa shape index (κ2) is 9.25. The molecule has 3 atom stereocenters. The molecule has 4 rings (SSSR count). The van der Waals surface area contributed by atoms with Crippen molar-refractivity contribution in [2.75, 3.05) is 19.7 Å². The number of nitrogens with one attached hydrogen (secondary N) is 2. The van der Waals surface area contributed by atoms with Crippen LogP contribution in [0.2, 0.25) is 0 Å². The summed E-state index contributed by atoms with van der Waals surface area (Å²) in [7, 11) is 0. The van der Waals surface area contributed by atoms with Crippen LogP contribution >= 0.6 is 0 Å². The van der Waals surface area contributed by atoms with Gasteiger partial charge < -0.3 is 20.5 Å². The molecule has 2 aromatic carbocycles. The number of alkyl carbamates (subject to hydrolysis) is 1. The van der Waals surface area contributed by atoms with E-state index in [0.717, 1.165) is 11.1 Å². The van der Waals surface area contributed by atoms with Crippen LogP contribution in [0.3, 0.4) is 0 Å². The summed E-state index contributed by atoms with van der Waals surface area (Å²) < 4.78 is 5.53. The molecule has 7 heteroatoms. The SMILES string of the molecule is CCC(C)(CNC(=O)C1CC1CNC(=O)OCC1c2ccccc2-c2ccccc21)C(=O)O. The Morgan fingerprint density at radius 2 is 1.64 bits per heavy atom. The largest absolute Gasteiger partial charge is 0.481 e. The Balaban J connectivity index is 1.23. The smallest absolute Gasteiger partial charge is 0.407 e. The van der Waals surface area contributed by atoms with Crippen LogP contribution in [0.5, 0.6) is 0 Å². The highest BCUT2D eigenvalue weighted by Gasteiger charge is 2.44. The van der Waals surface area contributed by atoms with Crippen LogP contribution in [0.15, 0.2) is 48.5 Å². The molecule has 2 aromatic rings. The number of hydrogen-bond donors (Lipinski definition) is 3. The molecule has 0 heterocycles. The van der Waals surface area contributed by atoms with Crippen LogP contribution in [-0.4, -0.2) is 42.8 Å². The van der Waals surface area contributed by atoms with E-state index in [0.29, 0.717) is 19.4 Å². The van der Waals surface area contributed by atoms with Crippen molar-refractivity contribution in [1.82, 2.24) is 10.6 Å². The number of carbonyl (C=O) groups excluding carboxylic acids is 2. The van der Waals surface area contributed by atoms with Crippen LogP contribution in [0.1, 0.15) is 43.7 Å². The van der Waals surface area contributed by atoms with Gasteiger partial charge in [-0.3, -0.25) is 9.59 Å². The Morgan fingerprint density at radius 3 is 2.21 bits per heavy atom. The molecule has 3 N–H and O–H groups in total. The van der Waals surface area contributed by atoms with Crippen LogP contribution in [-0.2, 0) is 14.3 Å². The van der Waals surface area contributed by atoms with E-state index in [1.54, 1.807) is 13.8 Å². The second-order valence-electron chi connectivity index (χ2n) is 9.25. The quantitative estimate of drug-likeness (QED) is 0.539. The Hall–Kier alpha value is -3.35. The highest BCUT2D eigenvalue weighted by molar-refractivity contribution is 5.83. The number of amides is 2. The summed E-state index contributed by atoms with van der Waals surface area (Å²) in [4.78, 5) is 36.0. The summed E-state index contributed by atoms with van der Waals surface area (Å²) in [5.41, 5.74) is 3.70. The van der Waals surface area contributed by atoms with Gasteiger partial charge >= 0.3 is 12.1 Å². The van der Waals surface area contributed by atoms with Gasteiger partial charge in [0.2, 0.25) is 5.91 Å². The number of carbonyl (C=O) groups is 3. The van der Waals surface area contributed by atoms with Crippen LogP contribution in [0, 0.1) is 17.3 Å². The molecular weight excluding hydrogens is 420 g/mol. The average molecular weight is 451 g/mol. The Kier molecular flexibility index (Phi) is 6.40. The maximum absolute atomic E-state index is 12.3. The topological polar surface area (TPSA) is 105 Å². The van der Waals surface area contributed by atoms with Crippen molar-refractivity contribution in [1.29, 1.82) is 0 Å². The predicted molar refractivity (Wildman–Crippen MR) is 124 cm³/mol. The summed E-state index contributed by atoms with van der Waals surface area (Å²) in [5.74, 6) is -1.23. The molecule has 1 fully saturated rings. The van der Waals surface area contributed by atoms with Gasteiger partial charge in [0.1, 0.15) is 6.61 Å². The molecule has 0 radical (unpaired) electrons. The minimum atomic E-state index is -0.973. The Labute approximate surface area is 193 Å². The third kappa shape index (κ3) is 4.72. The van der Waals surface area contributed by atoms with Crippen molar-refractivity contribution in [3.63, 3.8) is 0 Å². The first kappa shape index (κ1) is 22.8. The summed E-state index contributed by atoms with van der Waals surface area (Å²) in [5, 5.41) is 14.8. The van der Waals surface area contributed by atoms with E-state index >= 15 is 0 Å². The highest BCUT2D eigenvalue weighted by Crippen LogP contribution is 2.44. The lowest BCUT2D eigenvalue weighted by atomic mass is 9.87. The first-order valence-electron chi connectivity index (χ1n) is 11.4. The van der Waals surface area contributed by atoms with E-state index in [2.05, 4.69) is 34.9 Å². The standard InChI is InChI=1S/C26H30N2O5/c1-3-26(2,24(30)31)15-28-23(29)21-12-16(21)13-27-25(32)33-14-22-19-10-6-4-8-17(19)18-9-5-7-11-20(18)22/h4-11,16,21-22H,3,12-15H2,1-2H3,(H,27,32)(H,28,29)(H,30,31). The van der Waals surface area contributed by atoms with Gasteiger partial charge in [0.15, 0.2) is 0 Å². The third-order valence-corrected chi connectivity index (χ3v) is 7.06. The average Bonchev–Trinajstić information content (AvgIpc) is 3.54. The van der Waals surface area contributed by atoms with Crippen LogP contribution in [0.25, 0.3) is 11.1 Å². The van der Waals surface area contributed by atoms with E-state index in [9.17, 15) is 19.5 Å².